The Hall–Kier alpha value is -2.04. The molecule has 5 heteroatoms. The third kappa shape index (κ3) is 2.37. The van der Waals surface area contributed by atoms with Gasteiger partial charge in [-0.15, -0.1) is 0 Å². The molecule has 0 saturated heterocycles. The van der Waals surface area contributed by atoms with E-state index in [4.69, 9.17) is 5.11 Å². The van der Waals surface area contributed by atoms with Gasteiger partial charge in [0.2, 0.25) is 0 Å². The van der Waals surface area contributed by atoms with Gasteiger partial charge in [0.25, 0.3) is 0 Å². The maximum Gasteiger partial charge on any atom is 0.335 e. The van der Waals surface area contributed by atoms with E-state index in [1.807, 2.05) is 6.07 Å². The fourth-order valence-corrected chi connectivity index (χ4v) is 3.19. The van der Waals surface area contributed by atoms with Crippen molar-refractivity contribution in [2.45, 2.75) is 44.6 Å². The van der Waals surface area contributed by atoms with Crippen LogP contribution in [-0.2, 0) is 6.42 Å². The average molecular weight is 288 g/mol. The van der Waals surface area contributed by atoms with E-state index in [0.29, 0.717) is 6.54 Å². The quantitative estimate of drug-likeness (QED) is 0.898. The van der Waals surface area contributed by atoms with Crippen molar-refractivity contribution in [3.8, 4) is 0 Å². The Labute approximate surface area is 123 Å². The highest BCUT2D eigenvalue weighted by molar-refractivity contribution is 5.97. The Morgan fingerprint density at radius 2 is 2.14 bits per heavy atom. The summed E-state index contributed by atoms with van der Waals surface area (Å²) >= 11 is 0. The molecule has 1 heterocycles. The molecule has 1 aromatic rings. The van der Waals surface area contributed by atoms with Gasteiger partial charge >= 0.3 is 12.0 Å². The van der Waals surface area contributed by atoms with Gasteiger partial charge in [0.1, 0.15) is 0 Å². The van der Waals surface area contributed by atoms with Crippen LogP contribution in [0.4, 0.5) is 10.5 Å². The molecular formula is C16H20N2O3. The third-order valence-electron chi connectivity index (χ3n) is 4.83. The van der Waals surface area contributed by atoms with Gasteiger partial charge in [-0.3, -0.25) is 4.90 Å². The first-order chi connectivity index (χ1) is 10.0. The largest absolute Gasteiger partial charge is 0.478 e. The summed E-state index contributed by atoms with van der Waals surface area (Å²) in [5.41, 5.74) is 1.94. The number of rotatable bonds is 3. The molecule has 0 atom stereocenters. The van der Waals surface area contributed by atoms with Crippen molar-refractivity contribution in [2.75, 3.05) is 11.4 Å². The van der Waals surface area contributed by atoms with E-state index in [0.717, 1.165) is 43.4 Å². The lowest BCUT2D eigenvalue weighted by molar-refractivity contribution is 0.0697. The lowest BCUT2D eigenvalue weighted by atomic mass is 9.75. The number of amides is 2. The molecule has 0 radical (unpaired) electrons. The number of hydrogen-bond donors (Lipinski definition) is 2. The Kier molecular flexibility index (Phi) is 3.35. The van der Waals surface area contributed by atoms with E-state index in [1.54, 1.807) is 17.0 Å². The van der Waals surface area contributed by atoms with Gasteiger partial charge in [0, 0.05) is 17.8 Å². The maximum atomic E-state index is 12.5. The minimum absolute atomic E-state index is 0.0513. The first-order valence-electron chi connectivity index (χ1n) is 7.50. The van der Waals surface area contributed by atoms with Crippen LogP contribution in [0.1, 0.15) is 48.5 Å². The molecule has 2 N–H and O–H groups in total. The highest BCUT2D eigenvalue weighted by Gasteiger charge is 2.38. The molecule has 1 saturated carbocycles. The monoisotopic (exact) mass is 288 g/mol. The van der Waals surface area contributed by atoms with E-state index in [1.165, 1.54) is 0 Å². The van der Waals surface area contributed by atoms with Crippen LogP contribution in [0.3, 0.4) is 0 Å². The zero-order chi connectivity index (χ0) is 15.0. The molecule has 0 bridgehead atoms. The van der Waals surface area contributed by atoms with E-state index < -0.39 is 5.97 Å². The second kappa shape index (κ2) is 5.06. The van der Waals surface area contributed by atoms with Crippen LogP contribution >= 0.6 is 0 Å². The van der Waals surface area contributed by atoms with Crippen LogP contribution in [0.5, 0.6) is 0 Å². The SMILES string of the molecule is CCC1(NC(=O)N2CCc3ccc(C(=O)O)cc32)CCC1. The standard InChI is InChI=1S/C16H20N2O3/c1-2-16(7-3-8-16)17-15(21)18-9-6-11-4-5-12(14(19)20)10-13(11)18/h4-5,10H,2-3,6-9H2,1H3,(H,17,21)(H,19,20). The summed E-state index contributed by atoms with van der Waals surface area (Å²) in [5, 5.41) is 12.2. The molecule has 1 fully saturated rings. The Balaban J connectivity index is 1.81. The molecule has 2 amide bonds. The molecule has 1 aliphatic carbocycles. The summed E-state index contributed by atoms with van der Waals surface area (Å²) in [6, 6.07) is 4.91. The summed E-state index contributed by atoms with van der Waals surface area (Å²) in [7, 11) is 0. The van der Waals surface area contributed by atoms with Crippen LogP contribution in [0, 0.1) is 0 Å². The van der Waals surface area contributed by atoms with Crippen LogP contribution in [0.25, 0.3) is 0 Å². The number of nitrogens with zero attached hydrogens (tertiary/aromatic N) is 1. The number of carboxylic acids is 1. The molecule has 0 unspecified atom stereocenters. The molecule has 1 aromatic carbocycles. The summed E-state index contributed by atoms with van der Waals surface area (Å²) in [4.78, 5) is 25.3. The number of anilines is 1. The van der Waals surface area contributed by atoms with E-state index in [-0.39, 0.29) is 17.1 Å². The van der Waals surface area contributed by atoms with E-state index in [2.05, 4.69) is 12.2 Å². The number of nitrogens with one attached hydrogen (secondary N) is 1. The number of benzene rings is 1. The molecular weight excluding hydrogens is 268 g/mol. The fourth-order valence-electron chi connectivity index (χ4n) is 3.19. The maximum absolute atomic E-state index is 12.5. The fraction of sp³-hybridized carbons (Fsp3) is 0.500. The third-order valence-corrected chi connectivity index (χ3v) is 4.83. The summed E-state index contributed by atoms with van der Waals surface area (Å²) in [5.74, 6) is -0.964. The molecule has 0 spiro atoms. The van der Waals surface area contributed by atoms with E-state index >= 15 is 0 Å². The van der Waals surface area contributed by atoms with Crippen molar-refractivity contribution in [3.05, 3.63) is 29.3 Å². The molecule has 1 aliphatic heterocycles. The average Bonchev–Trinajstić information content (AvgIpc) is 2.85. The zero-order valence-corrected chi connectivity index (χ0v) is 12.2. The van der Waals surface area contributed by atoms with Crippen molar-refractivity contribution in [2.24, 2.45) is 0 Å². The molecule has 2 aliphatic rings. The molecule has 5 nitrogen and oxygen atoms in total. The summed E-state index contributed by atoms with van der Waals surface area (Å²) in [6.45, 7) is 2.71. The van der Waals surface area contributed by atoms with Gasteiger partial charge in [-0.2, -0.15) is 0 Å². The number of carbonyl (C=O) groups excluding carboxylic acids is 1. The minimum atomic E-state index is -0.964. The molecule has 112 valence electrons. The molecule has 3 rings (SSSR count). The lowest BCUT2D eigenvalue weighted by Crippen LogP contribution is -2.56. The zero-order valence-electron chi connectivity index (χ0n) is 12.2. The normalized spacial score (nSPS) is 18.8. The molecule has 0 aromatic heterocycles. The number of carbonyl (C=O) groups is 2. The Morgan fingerprint density at radius 3 is 2.71 bits per heavy atom. The smallest absolute Gasteiger partial charge is 0.335 e. The number of aromatic carboxylic acids is 1. The van der Waals surface area contributed by atoms with Gasteiger partial charge in [-0.1, -0.05) is 13.0 Å². The number of carboxylic acid groups (broad SMARTS) is 1. The van der Waals surface area contributed by atoms with Crippen molar-refractivity contribution < 1.29 is 14.7 Å². The van der Waals surface area contributed by atoms with Gasteiger partial charge < -0.3 is 10.4 Å². The second-order valence-electron chi connectivity index (χ2n) is 5.97. The van der Waals surface area contributed by atoms with Gasteiger partial charge in [-0.05, 0) is 49.8 Å². The summed E-state index contributed by atoms with van der Waals surface area (Å²) in [6.07, 6.45) is 4.94. The van der Waals surface area contributed by atoms with Gasteiger partial charge in [-0.25, -0.2) is 9.59 Å². The highest BCUT2D eigenvalue weighted by atomic mass is 16.4. The van der Waals surface area contributed by atoms with Crippen molar-refractivity contribution in [1.29, 1.82) is 0 Å². The summed E-state index contributed by atoms with van der Waals surface area (Å²) < 4.78 is 0. The van der Waals surface area contributed by atoms with E-state index in [9.17, 15) is 9.59 Å². The Morgan fingerprint density at radius 1 is 1.38 bits per heavy atom. The van der Waals surface area contributed by atoms with Crippen LogP contribution in [0.2, 0.25) is 0 Å². The van der Waals surface area contributed by atoms with Gasteiger partial charge in [0.05, 0.1) is 5.56 Å². The van der Waals surface area contributed by atoms with Crippen molar-refractivity contribution >= 4 is 17.7 Å². The topological polar surface area (TPSA) is 69.6 Å². The number of fused-ring (bicyclic) bond motifs is 1. The second-order valence-corrected chi connectivity index (χ2v) is 5.97. The van der Waals surface area contributed by atoms with Crippen LogP contribution < -0.4 is 10.2 Å². The Bertz CT molecular complexity index is 588. The first kappa shape index (κ1) is 13.9. The molecule has 21 heavy (non-hydrogen) atoms. The highest BCUT2D eigenvalue weighted by Crippen LogP contribution is 2.36. The van der Waals surface area contributed by atoms with Crippen LogP contribution in [0.15, 0.2) is 18.2 Å². The van der Waals surface area contributed by atoms with Crippen molar-refractivity contribution in [1.82, 2.24) is 5.32 Å². The minimum Gasteiger partial charge on any atom is -0.478 e. The predicted molar refractivity (Wildman–Crippen MR) is 79.9 cm³/mol. The van der Waals surface area contributed by atoms with Gasteiger partial charge in [0.15, 0.2) is 0 Å². The number of urea groups is 1. The van der Waals surface area contributed by atoms with Crippen molar-refractivity contribution in [3.63, 3.8) is 0 Å². The number of hydrogen-bond acceptors (Lipinski definition) is 2. The first-order valence-corrected chi connectivity index (χ1v) is 7.50. The lowest BCUT2D eigenvalue weighted by Gasteiger charge is -2.42. The van der Waals surface area contributed by atoms with Crippen LogP contribution in [-0.4, -0.2) is 29.2 Å². The predicted octanol–water partition coefficient (Wildman–Crippen LogP) is 2.79.